The van der Waals surface area contributed by atoms with E-state index >= 15 is 0 Å². The van der Waals surface area contributed by atoms with Gasteiger partial charge in [-0.3, -0.25) is 4.90 Å². The molecule has 1 saturated heterocycles. The Bertz CT molecular complexity index is 3790. The van der Waals surface area contributed by atoms with Crippen molar-refractivity contribution in [1.29, 1.82) is 0 Å². The fourth-order valence-electron chi connectivity index (χ4n) is 9.41. The van der Waals surface area contributed by atoms with Crippen LogP contribution >= 0.6 is 23.2 Å². The van der Waals surface area contributed by atoms with Gasteiger partial charge in [0.25, 0.3) is 0 Å². The number of phenolic OH excluding ortho intramolecular Hbond substituents is 2. The maximum atomic E-state index is 11.7. The van der Waals surface area contributed by atoms with Gasteiger partial charge in [0.05, 0.1) is 17.1 Å². The smallest absolute Gasteiger partial charge is 0.233 e. The van der Waals surface area contributed by atoms with Crippen LogP contribution in [-0.2, 0) is 0 Å². The number of rotatable bonds is 13. The summed E-state index contributed by atoms with van der Waals surface area (Å²) in [7, 11) is 6.71. The Morgan fingerprint density at radius 2 is 1.24 bits per heavy atom. The molecule has 376 valence electrons. The molecule has 20 heteroatoms. The van der Waals surface area contributed by atoms with E-state index in [9.17, 15) is 10.2 Å². The number of hydrogen-bond donors (Lipinski definition) is 5. The standard InChI is InChI=1S/C55H52BCl2N15O2/c1-28-11-12-31(4)42(24-28)69-71-47-32(5)26-35-23-29(2)25-43(44(35)49(47)75)61-54-64-51(58)65-55(67-54)73-21-19-72(20-22-73)18-17-59-52-62-50(57)63-53(66-52)60-41-16-14-38-39(45(41)56)27-33(6)46(48(38)74)70-68-40-15-13-36-30(3)9-8-10-37(36)34(40)7/h8-16,23-27,74-75H,17-22H2,1-7H3,(H,61,64,65,67)(H2,59,60,62,63,66). The molecule has 0 bridgehead atoms. The summed E-state index contributed by atoms with van der Waals surface area (Å²) in [5.74, 6) is 1.12. The normalized spacial score (nSPS) is 13.3. The molecule has 0 aliphatic carbocycles. The van der Waals surface area contributed by atoms with E-state index in [1.807, 2.05) is 102 Å². The molecule has 17 nitrogen and oxygen atoms in total. The fourth-order valence-corrected chi connectivity index (χ4v) is 9.73. The van der Waals surface area contributed by atoms with Gasteiger partial charge in [-0.2, -0.15) is 40.1 Å². The molecule has 0 amide bonds. The van der Waals surface area contributed by atoms with Crippen LogP contribution < -0.4 is 26.3 Å². The highest BCUT2D eigenvalue weighted by atomic mass is 35.5. The SMILES string of the molecule is [B]c1c(Nc2nc(Cl)nc(NCCN3CCN(c4nc(Cl)nc(Nc5cc(C)cc6cc(C)c(N=Nc7cc(C)ccc7C)c(O)c56)n4)CC3)n2)ccc2c(O)c(N=Nc3ccc4c(C)cccc4c3C)c(C)cc12. The minimum Gasteiger partial charge on any atom is -0.505 e. The maximum absolute atomic E-state index is 11.7. The highest BCUT2D eigenvalue weighted by molar-refractivity contribution is 6.43. The van der Waals surface area contributed by atoms with E-state index < -0.39 is 0 Å². The Morgan fingerprint density at radius 3 is 2.03 bits per heavy atom. The quantitative estimate of drug-likeness (QED) is 0.0538. The lowest BCUT2D eigenvalue weighted by molar-refractivity contribution is 0.266. The highest BCUT2D eigenvalue weighted by Crippen LogP contribution is 2.44. The van der Waals surface area contributed by atoms with Gasteiger partial charge in [0, 0.05) is 55.7 Å². The van der Waals surface area contributed by atoms with Crippen LogP contribution in [-0.4, -0.2) is 92.1 Å². The molecule has 10 rings (SSSR count). The van der Waals surface area contributed by atoms with Gasteiger partial charge in [-0.05, 0) is 175 Å². The Labute approximate surface area is 444 Å². The van der Waals surface area contributed by atoms with Gasteiger partial charge in [-0.1, -0.05) is 47.9 Å². The first-order valence-corrected chi connectivity index (χ1v) is 25.1. The number of azo groups is 2. The van der Waals surface area contributed by atoms with E-state index in [2.05, 4.69) is 90.2 Å². The summed E-state index contributed by atoms with van der Waals surface area (Å²) in [6, 6.07) is 27.5. The molecule has 1 aliphatic rings. The minimum atomic E-state index is -0.0246. The molecule has 2 aromatic heterocycles. The summed E-state index contributed by atoms with van der Waals surface area (Å²) in [4.78, 5) is 31.2. The van der Waals surface area contributed by atoms with Gasteiger partial charge in [0.15, 0.2) is 11.5 Å². The van der Waals surface area contributed by atoms with Crippen molar-refractivity contribution < 1.29 is 10.2 Å². The first-order valence-electron chi connectivity index (χ1n) is 24.4. The number of aromatic hydroxyl groups is 2. The summed E-state index contributed by atoms with van der Waals surface area (Å²) in [5, 5.41) is 55.9. The van der Waals surface area contributed by atoms with Crippen molar-refractivity contribution in [3.63, 3.8) is 0 Å². The zero-order valence-corrected chi connectivity index (χ0v) is 43.9. The van der Waals surface area contributed by atoms with E-state index in [-0.39, 0.29) is 34.0 Å². The number of nitrogens with one attached hydrogen (secondary N) is 3. The first-order chi connectivity index (χ1) is 36.1. The number of aryl methyl sites for hydroxylation is 7. The molecule has 1 fully saturated rings. The van der Waals surface area contributed by atoms with Crippen molar-refractivity contribution in [2.75, 3.05) is 60.1 Å². The Kier molecular flexibility index (Phi) is 14.2. The third-order valence-corrected chi connectivity index (χ3v) is 13.8. The number of piperazine rings is 1. The number of aromatic nitrogens is 6. The van der Waals surface area contributed by atoms with Gasteiger partial charge in [-0.25, -0.2) is 0 Å². The average Bonchev–Trinajstić information content (AvgIpc) is 3.36. The number of hydrogen-bond acceptors (Lipinski definition) is 17. The van der Waals surface area contributed by atoms with E-state index in [1.165, 1.54) is 10.9 Å². The monoisotopic (exact) mass is 1040 g/mol. The summed E-state index contributed by atoms with van der Waals surface area (Å²) in [5.41, 5.74) is 10.4. The van der Waals surface area contributed by atoms with Crippen LogP contribution in [0.3, 0.4) is 0 Å². The van der Waals surface area contributed by atoms with Crippen molar-refractivity contribution in [3.05, 3.63) is 134 Å². The molecule has 7 aromatic carbocycles. The lowest BCUT2D eigenvalue weighted by Crippen LogP contribution is -2.48. The first kappa shape index (κ1) is 50.5. The number of phenols is 2. The molecule has 9 aromatic rings. The molecule has 0 saturated carbocycles. The Balaban J connectivity index is 0.769. The second kappa shape index (κ2) is 21.1. The predicted molar refractivity (Wildman–Crippen MR) is 302 cm³/mol. The van der Waals surface area contributed by atoms with Gasteiger partial charge in [0.1, 0.15) is 19.2 Å². The fraction of sp³-hybridized carbons (Fsp3) is 0.236. The molecule has 1 aliphatic heterocycles. The summed E-state index contributed by atoms with van der Waals surface area (Å²) >= 11 is 12.9. The van der Waals surface area contributed by atoms with Crippen LogP contribution in [0.15, 0.2) is 105 Å². The van der Waals surface area contributed by atoms with Crippen molar-refractivity contribution >= 4 is 127 Å². The van der Waals surface area contributed by atoms with Crippen LogP contribution in [0.4, 0.5) is 57.9 Å². The molecule has 0 unspecified atom stereocenters. The molecule has 2 radical (unpaired) electrons. The second-order valence-electron chi connectivity index (χ2n) is 18.9. The number of anilines is 6. The average molecular weight is 1040 g/mol. The van der Waals surface area contributed by atoms with Crippen molar-refractivity contribution in [3.8, 4) is 11.5 Å². The molecule has 0 atom stereocenters. The van der Waals surface area contributed by atoms with Crippen molar-refractivity contribution in [2.24, 2.45) is 20.5 Å². The lowest BCUT2D eigenvalue weighted by Gasteiger charge is -2.34. The topological polar surface area (TPSA) is 210 Å². The van der Waals surface area contributed by atoms with Gasteiger partial charge in [0.2, 0.25) is 34.4 Å². The number of halogens is 2. The van der Waals surface area contributed by atoms with Crippen LogP contribution in [0.25, 0.3) is 32.3 Å². The van der Waals surface area contributed by atoms with Crippen LogP contribution in [0, 0.1) is 48.5 Å². The summed E-state index contributed by atoms with van der Waals surface area (Å²) in [6.07, 6.45) is 0. The van der Waals surface area contributed by atoms with E-state index in [1.54, 1.807) is 12.1 Å². The number of fused-ring (bicyclic) bond motifs is 3. The van der Waals surface area contributed by atoms with Crippen molar-refractivity contribution in [2.45, 2.75) is 48.5 Å². The van der Waals surface area contributed by atoms with Gasteiger partial charge >= 0.3 is 0 Å². The van der Waals surface area contributed by atoms with E-state index in [4.69, 9.17) is 36.0 Å². The van der Waals surface area contributed by atoms with Gasteiger partial charge < -0.3 is 31.1 Å². The number of benzene rings is 7. The van der Waals surface area contributed by atoms with Crippen molar-refractivity contribution in [1.82, 2.24) is 34.8 Å². The van der Waals surface area contributed by atoms with Gasteiger partial charge in [-0.15, -0.1) is 10.2 Å². The molecule has 0 spiro atoms. The summed E-state index contributed by atoms with van der Waals surface area (Å²) < 4.78 is 0. The minimum absolute atomic E-state index is 0.00391. The van der Waals surface area contributed by atoms with Crippen LogP contribution in [0.1, 0.15) is 38.9 Å². The molecular formula is C55H52BCl2N15O2. The second-order valence-corrected chi connectivity index (χ2v) is 19.5. The van der Waals surface area contributed by atoms with E-state index in [0.29, 0.717) is 88.0 Å². The summed E-state index contributed by atoms with van der Waals surface area (Å²) in [6.45, 7) is 17.7. The maximum Gasteiger partial charge on any atom is 0.233 e. The third kappa shape index (κ3) is 10.7. The van der Waals surface area contributed by atoms with Crippen LogP contribution in [0.5, 0.6) is 11.5 Å². The zero-order valence-electron chi connectivity index (χ0n) is 42.4. The Morgan fingerprint density at radius 1 is 0.560 bits per heavy atom. The number of nitrogens with zero attached hydrogens (tertiary/aromatic N) is 12. The molecule has 3 heterocycles. The third-order valence-electron chi connectivity index (χ3n) is 13.5. The predicted octanol–water partition coefficient (Wildman–Crippen LogP) is 12.7. The zero-order chi connectivity index (χ0) is 52.7. The van der Waals surface area contributed by atoms with E-state index in [0.717, 1.165) is 63.1 Å². The molecule has 75 heavy (non-hydrogen) atoms. The van der Waals surface area contributed by atoms with Crippen LogP contribution in [0.2, 0.25) is 10.6 Å². The lowest BCUT2D eigenvalue weighted by atomic mass is 9.86. The molecular weight excluding hydrogens is 984 g/mol. The Hall–Kier alpha value is -8.06. The highest BCUT2D eigenvalue weighted by Gasteiger charge is 2.23. The largest absolute Gasteiger partial charge is 0.505 e. The molecule has 5 N–H and O–H groups in total.